The molecule has 4 saturated heterocycles. The van der Waals surface area contributed by atoms with Crippen molar-refractivity contribution in [3.05, 3.63) is 252 Å². The number of aromatic amines is 3. The van der Waals surface area contributed by atoms with E-state index in [1.165, 1.54) is 51.7 Å². The van der Waals surface area contributed by atoms with Gasteiger partial charge in [0.25, 0.3) is 22.6 Å². The van der Waals surface area contributed by atoms with E-state index < -0.39 is 155 Å². The number of hydrogen-bond acceptors (Lipinski definition) is 28. The molecule has 4 aromatic heterocycles. The summed E-state index contributed by atoms with van der Waals surface area (Å²) in [6.07, 6.45) is -7.55. The van der Waals surface area contributed by atoms with Crippen LogP contribution in [0.15, 0.2) is 174 Å². The van der Waals surface area contributed by atoms with Gasteiger partial charge in [-0.3, -0.25) is 52.4 Å². The van der Waals surface area contributed by atoms with E-state index in [0.29, 0.717) is 41.5 Å². The SMILES string of the molecule is CC[C@H]1O[C@@H](n2cc(C)c(=O)[nH]c2=O)[C@@H](O[C@H](C)[C@H](C)OC)C1O.CC[C@H]1O[C@@H](n2cc(C)c(=O)[nH]c2=O)[C@@H](O[C@H](C)[C@H](C)OC)C1O.CC[C@H]1O[C@@H](n2ccc(NC(=O)c3ccccc3)nc2=O)[C@@H](O[C@H](C)[C@H](C)OC)C1O.CO[C@@H](C)[C@@H](C)O[C@H]1C(O)[C@@H](CO)O[C@H]1n1cc(C)c(=O)[nH]c1=O.COc1ccc(C(Cl)(c2ccccc2)c2ccc(OC)cc2)cc1. The second kappa shape index (κ2) is 47.7. The molecule has 0 radical (unpaired) electrons. The van der Waals surface area contributed by atoms with Crippen molar-refractivity contribution in [2.45, 2.75) is 268 Å². The number of nitrogens with zero attached hydrogens (tertiary/aromatic N) is 5. The maximum Gasteiger partial charge on any atom is 0.351 e. The Bertz CT molecular complexity index is 4890. The third kappa shape index (κ3) is 25.3. The average Bonchev–Trinajstić information content (AvgIpc) is 1.76. The molecular weight excluding hydrogens is 1670 g/mol. The summed E-state index contributed by atoms with van der Waals surface area (Å²) in [4.78, 5) is 106. The minimum Gasteiger partial charge on any atom is -0.497 e. The fourth-order valence-corrected chi connectivity index (χ4v) is 14.7. The van der Waals surface area contributed by atoms with Gasteiger partial charge in [0.05, 0.1) is 88.0 Å². The first-order valence-corrected chi connectivity index (χ1v) is 42.4. The number of anilines is 1. The molecule has 37 heteroatoms. The summed E-state index contributed by atoms with van der Waals surface area (Å²) in [7, 11) is 9.58. The Hall–Kier alpha value is -9.52. The molecule has 0 spiro atoms. The van der Waals surface area contributed by atoms with Gasteiger partial charge >= 0.3 is 22.8 Å². The highest BCUT2D eigenvalue weighted by Crippen LogP contribution is 2.45. The fourth-order valence-electron chi connectivity index (χ4n) is 14.3. The number of aromatic nitrogens is 8. The van der Waals surface area contributed by atoms with Crippen LogP contribution in [0.4, 0.5) is 5.82 Å². The normalized spacial score (nSPS) is 25.0. The minimum atomic E-state index is -1.13. The van der Waals surface area contributed by atoms with Crippen molar-refractivity contribution >= 4 is 23.3 Å². The Labute approximate surface area is 740 Å². The second-order valence-corrected chi connectivity index (χ2v) is 31.9. The molecule has 4 fully saturated rings. The van der Waals surface area contributed by atoms with Crippen LogP contribution in [-0.2, 0) is 61.7 Å². The molecule has 8 heterocycles. The number of aryl methyl sites for hydroxylation is 3. The first-order valence-electron chi connectivity index (χ1n) is 42.1. The van der Waals surface area contributed by atoms with E-state index in [4.69, 9.17) is 77.9 Å². The number of methoxy groups -OCH3 is 6. The van der Waals surface area contributed by atoms with E-state index in [1.807, 2.05) is 154 Å². The summed E-state index contributed by atoms with van der Waals surface area (Å²) in [5.41, 5.74) is 0.644. The van der Waals surface area contributed by atoms with Gasteiger partial charge in [0, 0.05) is 75.5 Å². The maximum atomic E-state index is 12.7. The number of hydrogen-bond donors (Lipinski definition) is 9. The molecule has 698 valence electrons. The van der Waals surface area contributed by atoms with Gasteiger partial charge in [-0.25, -0.2) is 19.2 Å². The zero-order chi connectivity index (χ0) is 93.6. The molecule has 127 heavy (non-hydrogen) atoms. The topological polar surface area (TPSA) is 459 Å². The van der Waals surface area contributed by atoms with Crippen LogP contribution in [0.5, 0.6) is 11.5 Å². The van der Waals surface area contributed by atoms with Crippen molar-refractivity contribution in [3.8, 4) is 11.5 Å². The van der Waals surface area contributed by atoms with Crippen molar-refractivity contribution in [1.29, 1.82) is 0 Å². The number of benzene rings is 4. The quantitative estimate of drug-likeness (QED) is 0.0160. The number of carbonyl (C=O) groups excluding carboxylic acids is 1. The van der Waals surface area contributed by atoms with E-state index in [-0.39, 0.29) is 54.5 Å². The van der Waals surface area contributed by atoms with Gasteiger partial charge in [-0.15, -0.1) is 11.6 Å². The molecule has 0 bridgehead atoms. The van der Waals surface area contributed by atoms with Crippen LogP contribution in [0.1, 0.15) is 164 Å². The first kappa shape index (κ1) is 103. The highest BCUT2D eigenvalue weighted by Gasteiger charge is 2.51. The van der Waals surface area contributed by atoms with Crippen molar-refractivity contribution in [1.82, 2.24) is 38.2 Å². The fraction of sp³-hybridized carbons (Fsp3) is 0.544. The third-order valence-corrected chi connectivity index (χ3v) is 23.7. The molecule has 36 nitrogen and oxygen atoms in total. The van der Waals surface area contributed by atoms with Gasteiger partial charge in [0.2, 0.25) is 0 Å². The molecule has 24 atom stereocenters. The van der Waals surface area contributed by atoms with Gasteiger partial charge in [-0.1, -0.05) is 93.6 Å². The number of aliphatic hydroxyl groups is 5. The van der Waals surface area contributed by atoms with E-state index in [2.05, 4.69) is 25.3 Å². The predicted molar refractivity (Wildman–Crippen MR) is 470 cm³/mol. The lowest BCUT2D eigenvalue weighted by molar-refractivity contribution is -0.130. The van der Waals surface area contributed by atoms with Crippen LogP contribution in [0.3, 0.4) is 0 Å². The molecule has 8 aromatic rings. The maximum absolute atomic E-state index is 12.7. The van der Waals surface area contributed by atoms with Gasteiger partial charge in [-0.2, -0.15) is 4.98 Å². The van der Waals surface area contributed by atoms with Crippen LogP contribution in [0.25, 0.3) is 0 Å². The largest absolute Gasteiger partial charge is 0.497 e. The van der Waals surface area contributed by atoms with E-state index in [9.17, 15) is 63.9 Å². The molecule has 4 aliphatic heterocycles. The van der Waals surface area contributed by atoms with Crippen molar-refractivity contribution in [2.75, 3.05) is 54.6 Å². The first-order chi connectivity index (χ1) is 60.4. The van der Waals surface area contributed by atoms with Crippen LogP contribution >= 0.6 is 11.6 Å². The zero-order valence-electron chi connectivity index (χ0n) is 75.3. The standard InChI is InChI=1S/C22H29N3O6.C21H19ClO2.2C16H26N2O6.C15H24N2O7/c1-5-16-18(26)19(30-14(3)13(2)29-4)21(31-16)25-12-11-17(24-22(25)28)23-20(27)15-9-7-6-8-10-15;1-23-19-12-8-17(9-13-19)21(22,16-6-4-3-5-7-16)18-10-14-20(24-2)15-11-18;2*1-6-11-12(19)13(23-10(4)9(3)22-5)15(24-11)18-7-8(2)14(20)17-16(18)21;1-7-5-17(15(21)16-13(7)20)14-12(11(19)10(6-18)24-14)23-9(3)8(2)22-4/h6-14,16,18-19,21,26H,5H2,1-4H3,(H,23,24,27,28);3-15H,1-2H3;2*7,9-13,15,19H,6H2,1-5H3,(H,17,20,21);5,8-12,14,18-19H,6H2,1-4H3,(H,16,20,21)/t13-,14+,16+,18?,19-,21+;;2*9-,10+,11+,12?,13-,15+;8-,9+,10+,11?,12-,14+/m0.000/s1. The molecule has 4 aliphatic rings. The predicted octanol–water partition coefficient (Wildman–Crippen LogP) is 6.76. The number of ether oxygens (including phenoxy) is 14. The summed E-state index contributed by atoms with van der Waals surface area (Å²) in [5.74, 6) is 1.37. The van der Waals surface area contributed by atoms with Gasteiger partial charge in [0.15, 0.2) is 24.9 Å². The van der Waals surface area contributed by atoms with Crippen LogP contribution in [0.2, 0.25) is 0 Å². The summed E-state index contributed by atoms with van der Waals surface area (Å²) < 4.78 is 83.4. The second-order valence-electron chi connectivity index (χ2n) is 31.4. The van der Waals surface area contributed by atoms with Crippen LogP contribution < -0.4 is 54.2 Å². The van der Waals surface area contributed by atoms with E-state index in [1.54, 1.807) is 87.5 Å². The summed E-state index contributed by atoms with van der Waals surface area (Å²) >= 11 is 7.22. The molecule has 1 amide bonds. The molecular formula is C90H124ClN9O27. The number of halogens is 1. The van der Waals surface area contributed by atoms with Gasteiger partial charge < -0.3 is 97.2 Å². The smallest absolute Gasteiger partial charge is 0.351 e. The monoisotopic (exact) mass is 1800 g/mol. The number of nitrogens with one attached hydrogen (secondary N) is 4. The lowest BCUT2D eigenvalue weighted by Gasteiger charge is -2.29. The Kier molecular flexibility index (Phi) is 38.6. The molecule has 12 rings (SSSR count). The zero-order valence-corrected chi connectivity index (χ0v) is 76.1. The summed E-state index contributed by atoms with van der Waals surface area (Å²) in [5, 5.41) is 54.1. The highest BCUT2D eigenvalue weighted by molar-refractivity contribution is 6.28. The van der Waals surface area contributed by atoms with Crippen molar-refractivity contribution in [2.24, 2.45) is 0 Å². The number of aliphatic hydroxyl groups excluding tert-OH is 5. The number of amides is 1. The number of rotatable bonds is 31. The number of alkyl halides is 1. The van der Waals surface area contributed by atoms with Crippen LogP contribution in [-0.4, -0.2) is 241 Å². The van der Waals surface area contributed by atoms with Crippen molar-refractivity contribution < 1.29 is 96.6 Å². The summed E-state index contributed by atoms with van der Waals surface area (Å²) in [6, 6.07) is 36.0. The molecule has 0 aliphatic carbocycles. The minimum absolute atomic E-state index is 0.125. The molecule has 0 saturated carbocycles. The summed E-state index contributed by atoms with van der Waals surface area (Å²) in [6.45, 7) is 24.6. The Balaban J connectivity index is 0.000000197. The molecule has 4 unspecified atom stereocenters. The number of H-pyrrole nitrogens is 3. The Morgan fingerprint density at radius 3 is 1.02 bits per heavy atom. The van der Waals surface area contributed by atoms with E-state index >= 15 is 0 Å². The van der Waals surface area contributed by atoms with Crippen molar-refractivity contribution in [3.63, 3.8) is 0 Å². The lowest BCUT2D eigenvalue weighted by Crippen LogP contribution is -2.43. The van der Waals surface area contributed by atoms with Gasteiger partial charge in [-0.05, 0) is 155 Å². The molecule has 4 aromatic carbocycles. The lowest BCUT2D eigenvalue weighted by atomic mass is 9.84. The Morgan fingerprint density at radius 2 is 0.724 bits per heavy atom. The average molecular weight is 1800 g/mol. The molecule has 9 N–H and O–H groups in total. The number of carbonyl (C=O) groups is 1. The van der Waals surface area contributed by atoms with Gasteiger partial charge in [0.1, 0.15) is 77.1 Å². The Morgan fingerprint density at radius 1 is 0.433 bits per heavy atom. The highest BCUT2D eigenvalue weighted by atomic mass is 35.5. The third-order valence-electron chi connectivity index (χ3n) is 23.0. The van der Waals surface area contributed by atoms with Crippen LogP contribution in [0, 0.1) is 20.8 Å². The van der Waals surface area contributed by atoms with E-state index in [0.717, 1.165) is 32.8 Å².